The summed E-state index contributed by atoms with van der Waals surface area (Å²) in [5.41, 5.74) is 10.9. The number of rotatable bonds is 7. The van der Waals surface area contributed by atoms with Crippen molar-refractivity contribution in [2.24, 2.45) is 22.4 Å². The maximum atomic E-state index is 11.2. The highest BCUT2D eigenvalue weighted by Crippen LogP contribution is 2.10. The van der Waals surface area contributed by atoms with Crippen molar-refractivity contribution < 1.29 is 9.53 Å². The smallest absolute Gasteiger partial charge is 0.307 e. The summed E-state index contributed by atoms with van der Waals surface area (Å²) >= 11 is 1.64. The van der Waals surface area contributed by atoms with Gasteiger partial charge in [-0.25, -0.2) is 0 Å². The number of esters is 1. The maximum absolute atomic E-state index is 11.2. The van der Waals surface area contributed by atoms with Gasteiger partial charge in [0.05, 0.1) is 0 Å². The number of hydrogen-bond donors (Lipinski definition) is 2. The third-order valence-electron chi connectivity index (χ3n) is 2.23. The third kappa shape index (κ3) is 10.8. The molecule has 0 fully saturated rings. The second kappa shape index (κ2) is 12.8. The van der Waals surface area contributed by atoms with E-state index in [4.69, 9.17) is 10.5 Å². The highest BCUT2D eigenvalue weighted by Gasteiger charge is 2.04. The molecule has 6 heteroatoms. The fourth-order valence-electron chi connectivity index (χ4n) is 1.30. The van der Waals surface area contributed by atoms with E-state index < -0.39 is 0 Å². The lowest BCUT2D eigenvalue weighted by Crippen LogP contribution is -2.07. The second-order valence-corrected chi connectivity index (χ2v) is 5.57. The van der Waals surface area contributed by atoms with E-state index in [2.05, 4.69) is 10.7 Å². The Bertz CT molecular complexity index is 491. The third-order valence-corrected chi connectivity index (χ3v) is 3.07. The van der Waals surface area contributed by atoms with E-state index in [0.29, 0.717) is 18.0 Å². The highest BCUT2D eigenvalue weighted by molar-refractivity contribution is 7.10. The van der Waals surface area contributed by atoms with Crippen molar-refractivity contribution in [3.8, 4) is 0 Å². The summed E-state index contributed by atoms with van der Waals surface area (Å²) in [6, 6.07) is 3.99. The molecule has 0 bridgehead atoms. The summed E-state index contributed by atoms with van der Waals surface area (Å²) in [4.78, 5) is 16.3. The Balaban J connectivity index is 0.00000211. The fourth-order valence-corrected chi connectivity index (χ4v) is 1.92. The second-order valence-electron chi connectivity index (χ2n) is 4.59. The Morgan fingerprint density at radius 1 is 1.45 bits per heavy atom. The van der Waals surface area contributed by atoms with Crippen LogP contribution in [0.1, 0.15) is 25.1 Å². The predicted molar refractivity (Wildman–Crippen MR) is 94.6 cm³/mol. The first-order chi connectivity index (χ1) is 10.6. The molecule has 122 valence electrons. The van der Waals surface area contributed by atoms with E-state index in [-0.39, 0.29) is 12.7 Å². The molecule has 0 radical (unpaired) electrons. The van der Waals surface area contributed by atoms with Crippen molar-refractivity contribution >= 4 is 29.6 Å². The minimum atomic E-state index is -0.230. The summed E-state index contributed by atoms with van der Waals surface area (Å²) in [7, 11) is 1.50. The van der Waals surface area contributed by atoms with E-state index in [0.717, 1.165) is 4.88 Å². The molecule has 0 amide bonds. The minimum absolute atomic E-state index is 0.0317. The van der Waals surface area contributed by atoms with Gasteiger partial charge >= 0.3 is 5.97 Å². The van der Waals surface area contributed by atoms with E-state index in [1.165, 1.54) is 13.3 Å². The first-order valence-corrected chi connectivity index (χ1v) is 7.86. The van der Waals surface area contributed by atoms with Crippen LogP contribution in [0.4, 0.5) is 0 Å². The molecule has 4 N–H and O–H groups in total. The van der Waals surface area contributed by atoms with Crippen molar-refractivity contribution in [1.29, 1.82) is 0 Å². The molecular formula is C16H25N3O2S. The number of ether oxygens (including phenoxy) is 1. The molecule has 0 unspecified atom stereocenters. The van der Waals surface area contributed by atoms with Crippen molar-refractivity contribution in [2.75, 3.05) is 13.8 Å². The predicted octanol–water partition coefficient (Wildman–Crippen LogP) is 2.80. The van der Waals surface area contributed by atoms with Crippen LogP contribution in [0.3, 0.4) is 0 Å². The average Bonchev–Trinajstić information content (AvgIpc) is 2.99. The molecule has 5 nitrogen and oxygen atoms in total. The van der Waals surface area contributed by atoms with Gasteiger partial charge in [-0.05, 0) is 42.6 Å². The number of nitrogens with two attached hydrogens (primary N) is 2. The Morgan fingerprint density at radius 3 is 2.77 bits per heavy atom. The van der Waals surface area contributed by atoms with Gasteiger partial charge in [-0.2, -0.15) is 0 Å². The Kier molecular flexibility index (Phi) is 11.7. The lowest BCUT2D eigenvalue weighted by molar-refractivity contribution is -0.144. The topological polar surface area (TPSA) is 90.7 Å². The van der Waals surface area contributed by atoms with Crippen molar-refractivity contribution in [3.63, 3.8) is 0 Å². The molecule has 1 aromatic rings. The molecule has 0 atom stereocenters. The summed E-state index contributed by atoms with van der Waals surface area (Å²) in [5.74, 6) is 0.0658. The van der Waals surface area contributed by atoms with Crippen LogP contribution < -0.4 is 11.5 Å². The van der Waals surface area contributed by atoms with E-state index >= 15 is 0 Å². The molecule has 22 heavy (non-hydrogen) atoms. The zero-order valence-corrected chi connectivity index (χ0v) is 14.2. The zero-order valence-electron chi connectivity index (χ0n) is 13.4. The maximum Gasteiger partial charge on any atom is 0.307 e. The van der Waals surface area contributed by atoms with Crippen LogP contribution in [-0.2, 0) is 9.53 Å². The number of hydrogen-bond acceptors (Lipinski definition) is 6. The van der Waals surface area contributed by atoms with Gasteiger partial charge in [-0.1, -0.05) is 19.9 Å². The number of carbonyl (C=O) groups is 1. The lowest BCUT2D eigenvalue weighted by atomic mass is 10.1. The van der Waals surface area contributed by atoms with Crippen LogP contribution in [-0.4, -0.2) is 26.0 Å². The van der Waals surface area contributed by atoms with Crippen LogP contribution in [0.2, 0.25) is 0 Å². The number of thiophene rings is 1. The van der Waals surface area contributed by atoms with E-state index in [9.17, 15) is 4.79 Å². The molecule has 0 aliphatic carbocycles. The van der Waals surface area contributed by atoms with Gasteiger partial charge in [0.25, 0.3) is 0 Å². The summed E-state index contributed by atoms with van der Waals surface area (Å²) in [6.07, 6.45) is 7.36. The number of nitrogens with zero attached hydrogens (tertiary/aromatic N) is 1. The van der Waals surface area contributed by atoms with Gasteiger partial charge in [0.2, 0.25) is 0 Å². The summed E-state index contributed by atoms with van der Waals surface area (Å²) < 4.78 is 4.93. The monoisotopic (exact) mass is 323 g/mol. The summed E-state index contributed by atoms with van der Waals surface area (Å²) in [5, 5.41) is 2.01. The summed E-state index contributed by atoms with van der Waals surface area (Å²) in [6.45, 7) is 3.96. The average molecular weight is 323 g/mol. The molecular weight excluding hydrogens is 298 g/mol. The molecule has 0 saturated heterocycles. The Morgan fingerprint density at radius 2 is 2.18 bits per heavy atom. The molecule has 1 rings (SSSR count). The molecule has 1 heterocycles. The normalized spacial score (nSPS) is 11.8. The molecule has 0 aromatic carbocycles. The van der Waals surface area contributed by atoms with E-state index in [1.54, 1.807) is 17.4 Å². The van der Waals surface area contributed by atoms with Crippen LogP contribution in [0.5, 0.6) is 0 Å². The van der Waals surface area contributed by atoms with Crippen molar-refractivity contribution in [2.45, 2.75) is 20.3 Å². The van der Waals surface area contributed by atoms with E-state index in [1.807, 2.05) is 43.5 Å². The molecule has 0 saturated carbocycles. The van der Waals surface area contributed by atoms with Crippen LogP contribution in [0.25, 0.3) is 6.08 Å². The fraction of sp³-hybridized carbons (Fsp3) is 0.375. The van der Waals surface area contributed by atoms with Gasteiger partial charge in [-0.3, -0.25) is 9.79 Å². The number of allylic oxidation sites excluding steroid dienone is 2. The first-order valence-electron chi connectivity index (χ1n) is 6.98. The van der Waals surface area contributed by atoms with Gasteiger partial charge in [0.15, 0.2) is 6.73 Å². The molecule has 0 aliphatic heterocycles. The van der Waals surface area contributed by atoms with Gasteiger partial charge in [0, 0.05) is 23.2 Å². The van der Waals surface area contributed by atoms with Crippen LogP contribution >= 0.6 is 11.3 Å². The molecule has 0 aliphatic rings. The lowest BCUT2D eigenvalue weighted by Gasteiger charge is -2.02. The zero-order chi connectivity index (χ0) is 16.8. The highest BCUT2D eigenvalue weighted by atomic mass is 32.1. The first kappa shape index (κ1) is 20.1. The van der Waals surface area contributed by atoms with Gasteiger partial charge in [-0.15, -0.1) is 11.3 Å². The Labute approximate surface area is 136 Å². The van der Waals surface area contributed by atoms with Crippen LogP contribution in [0, 0.1) is 5.92 Å². The standard InChI is InChI=1S/C15H20N2O2S.CH5N/c1-12(2)10-15(18)19-11-17-8-7-13(16)5-6-14-4-3-9-20-14;1-2/h3-9,12H,10-11,16H2,1-2H3;2H2,1H3/b6-5+,13-7-,17-8+;. The number of aliphatic imine (C=N–C) groups is 1. The molecule has 0 spiro atoms. The quantitative estimate of drug-likeness (QED) is 0.458. The molecule has 1 aromatic heterocycles. The van der Waals surface area contributed by atoms with Gasteiger partial charge < -0.3 is 16.2 Å². The van der Waals surface area contributed by atoms with Crippen LogP contribution in [0.15, 0.2) is 40.4 Å². The Hall–Kier alpha value is -1.92. The largest absolute Gasteiger partial charge is 0.442 e. The number of carbonyl (C=O) groups excluding carboxylic acids is 1. The minimum Gasteiger partial charge on any atom is -0.442 e. The SMILES string of the molecule is CC(C)CC(=O)OC/N=C/C=C(N)/C=C/c1cccs1.CN. The van der Waals surface area contributed by atoms with Gasteiger partial charge in [0.1, 0.15) is 0 Å². The van der Waals surface area contributed by atoms with Crippen molar-refractivity contribution in [1.82, 2.24) is 0 Å². The van der Waals surface area contributed by atoms with Crippen molar-refractivity contribution in [3.05, 3.63) is 40.2 Å².